The number of hydrogen-bond donors (Lipinski definition) is 1. The van der Waals surface area contributed by atoms with Crippen LogP contribution < -0.4 is 5.32 Å². The van der Waals surface area contributed by atoms with Crippen molar-refractivity contribution < 1.29 is 0 Å². The van der Waals surface area contributed by atoms with E-state index >= 15 is 0 Å². The minimum Gasteiger partial charge on any atom is -0.311 e. The van der Waals surface area contributed by atoms with Crippen molar-refractivity contribution in [2.75, 3.05) is 6.54 Å². The molecule has 0 aromatic carbocycles. The molecule has 1 saturated carbocycles. The number of nitrogens with one attached hydrogen (secondary N) is 1. The van der Waals surface area contributed by atoms with E-state index in [-0.39, 0.29) is 0 Å². The molecule has 2 unspecified atom stereocenters. The van der Waals surface area contributed by atoms with Gasteiger partial charge >= 0.3 is 0 Å². The highest BCUT2D eigenvalue weighted by Gasteiger charge is 2.18. The Morgan fingerprint density at radius 1 is 1.42 bits per heavy atom. The maximum absolute atomic E-state index is 4.48. The van der Waals surface area contributed by atoms with Crippen LogP contribution in [0.1, 0.15) is 57.3 Å². The number of hydrogen-bond acceptors (Lipinski definition) is 2. The SMILES string of the molecule is CCc1cc(CNCCC2CCCC(C)C2)n(C)n1. The van der Waals surface area contributed by atoms with Crippen molar-refractivity contribution in [2.24, 2.45) is 18.9 Å². The summed E-state index contributed by atoms with van der Waals surface area (Å²) in [6.07, 6.45) is 8.12. The maximum Gasteiger partial charge on any atom is 0.0625 e. The van der Waals surface area contributed by atoms with Crippen LogP contribution in [0.5, 0.6) is 0 Å². The van der Waals surface area contributed by atoms with Gasteiger partial charge in [0.05, 0.1) is 11.4 Å². The zero-order valence-electron chi connectivity index (χ0n) is 12.8. The highest BCUT2D eigenvalue weighted by Crippen LogP contribution is 2.30. The second-order valence-corrected chi connectivity index (χ2v) is 6.21. The third kappa shape index (κ3) is 4.34. The molecule has 1 aliphatic carbocycles. The molecule has 1 aromatic rings. The van der Waals surface area contributed by atoms with Crippen LogP contribution in [0.4, 0.5) is 0 Å². The summed E-state index contributed by atoms with van der Waals surface area (Å²) in [5.41, 5.74) is 2.49. The first-order valence-electron chi connectivity index (χ1n) is 7.91. The fourth-order valence-electron chi connectivity index (χ4n) is 3.25. The van der Waals surface area contributed by atoms with Gasteiger partial charge in [-0.3, -0.25) is 4.68 Å². The average molecular weight is 263 g/mol. The molecule has 1 heterocycles. The molecule has 0 bridgehead atoms. The highest BCUT2D eigenvalue weighted by molar-refractivity contribution is 5.09. The van der Waals surface area contributed by atoms with E-state index in [0.717, 1.165) is 31.3 Å². The second-order valence-electron chi connectivity index (χ2n) is 6.21. The van der Waals surface area contributed by atoms with Crippen LogP contribution in [-0.4, -0.2) is 16.3 Å². The van der Waals surface area contributed by atoms with Gasteiger partial charge in [-0.1, -0.05) is 33.1 Å². The minimum absolute atomic E-state index is 0.947. The Morgan fingerprint density at radius 2 is 2.26 bits per heavy atom. The maximum atomic E-state index is 4.48. The number of aryl methyl sites for hydroxylation is 2. The molecule has 0 amide bonds. The standard InChI is InChI=1S/C16H29N3/c1-4-15-11-16(19(3)18-15)12-17-9-8-14-7-5-6-13(2)10-14/h11,13-14,17H,4-10,12H2,1-3H3. The molecule has 2 atom stereocenters. The molecule has 0 saturated heterocycles. The summed E-state index contributed by atoms with van der Waals surface area (Å²) < 4.78 is 2.01. The van der Waals surface area contributed by atoms with Crippen LogP contribution in [0.2, 0.25) is 0 Å². The lowest BCUT2D eigenvalue weighted by Crippen LogP contribution is -2.22. The average Bonchev–Trinajstić information content (AvgIpc) is 2.76. The first-order chi connectivity index (χ1) is 9.19. The lowest BCUT2D eigenvalue weighted by atomic mass is 9.81. The largest absolute Gasteiger partial charge is 0.311 e. The number of aromatic nitrogens is 2. The molecule has 3 nitrogen and oxygen atoms in total. The Morgan fingerprint density at radius 3 is 2.95 bits per heavy atom. The van der Waals surface area contributed by atoms with Gasteiger partial charge in [-0.2, -0.15) is 5.10 Å². The summed E-state index contributed by atoms with van der Waals surface area (Å²) in [5.74, 6) is 1.90. The third-order valence-corrected chi connectivity index (χ3v) is 4.47. The van der Waals surface area contributed by atoms with Gasteiger partial charge in [0.2, 0.25) is 0 Å². The normalized spacial score (nSPS) is 23.7. The number of nitrogens with zero attached hydrogens (tertiary/aromatic N) is 2. The predicted molar refractivity (Wildman–Crippen MR) is 80.0 cm³/mol. The van der Waals surface area contributed by atoms with Gasteiger partial charge < -0.3 is 5.32 Å². The molecule has 108 valence electrons. The monoisotopic (exact) mass is 263 g/mol. The van der Waals surface area contributed by atoms with Crippen molar-refractivity contribution in [3.8, 4) is 0 Å². The van der Waals surface area contributed by atoms with E-state index in [4.69, 9.17) is 0 Å². The van der Waals surface area contributed by atoms with Gasteiger partial charge in [-0.05, 0) is 43.7 Å². The topological polar surface area (TPSA) is 29.9 Å². The Bertz CT molecular complexity index is 383. The van der Waals surface area contributed by atoms with Crippen molar-refractivity contribution in [2.45, 2.75) is 58.9 Å². The van der Waals surface area contributed by atoms with E-state index in [1.165, 1.54) is 43.5 Å². The molecular weight excluding hydrogens is 234 g/mol. The summed E-state index contributed by atoms with van der Waals surface area (Å²) in [6.45, 7) is 6.65. The fourth-order valence-corrected chi connectivity index (χ4v) is 3.25. The molecule has 0 spiro atoms. The van der Waals surface area contributed by atoms with Crippen LogP contribution in [-0.2, 0) is 20.0 Å². The molecule has 1 aromatic heterocycles. The molecule has 0 aliphatic heterocycles. The third-order valence-electron chi connectivity index (χ3n) is 4.47. The van der Waals surface area contributed by atoms with Crippen LogP contribution in [0.15, 0.2) is 6.07 Å². The zero-order chi connectivity index (χ0) is 13.7. The van der Waals surface area contributed by atoms with Crippen molar-refractivity contribution in [3.05, 3.63) is 17.5 Å². The van der Waals surface area contributed by atoms with Crippen LogP contribution in [0.25, 0.3) is 0 Å². The van der Waals surface area contributed by atoms with Crippen molar-refractivity contribution >= 4 is 0 Å². The summed E-state index contributed by atoms with van der Waals surface area (Å²) in [6, 6.07) is 2.22. The molecule has 2 rings (SSSR count). The Hall–Kier alpha value is -0.830. The molecule has 3 heteroatoms. The fraction of sp³-hybridized carbons (Fsp3) is 0.812. The summed E-state index contributed by atoms with van der Waals surface area (Å²) in [5, 5.41) is 8.07. The van der Waals surface area contributed by atoms with E-state index in [2.05, 4.69) is 30.3 Å². The minimum atomic E-state index is 0.947. The van der Waals surface area contributed by atoms with Gasteiger partial charge in [0.15, 0.2) is 0 Å². The van der Waals surface area contributed by atoms with Gasteiger partial charge in [-0.25, -0.2) is 0 Å². The smallest absolute Gasteiger partial charge is 0.0625 e. The summed E-state index contributed by atoms with van der Waals surface area (Å²) in [4.78, 5) is 0. The lowest BCUT2D eigenvalue weighted by molar-refractivity contribution is 0.267. The summed E-state index contributed by atoms with van der Waals surface area (Å²) in [7, 11) is 2.04. The molecule has 1 N–H and O–H groups in total. The first-order valence-corrected chi connectivity index (χ1v) is 7.91. The van der Waals surface area contributed by atoms with E-state index in [0.29, 0.717) is 0 Å². The predicted octanol–water partition coefficient (Wildman–Crippen LogP) is 3.29. The molecular formula is C16H29N3. The Balaban J connectivity index is 1.67. The van der Waals surface area contributed by atoms with Crippen molar-refractivity contribution in [3.63, 3.8) is 0 Å². The van der Waals surface area contributed by atoms with Crippen molar-refractivity contribution in [1.29, 1.82) is 0 Å². The molecule has 19 heavy (non-hydrogen) atoms. The first kappa shape index (κ1) is 14.6. The summed E-state index contributed by atoms with van der Waals surface area (Å²) >= 11 is 0. The quantitative estimate of drug-likeness (QED) is 0.798. The van der Waals surface area contributed by atoms with Gasteiger partial charge in [0, 0.05) is 13.6 Å². The molecule has 0 radical (unpaired) electrons. The van der Waals surface area contributed by atoms with Crippen LogP contribution in [0, 0.1) is 11.8 Å². The lowest BCUT2D eigenvalue weighted by Gasteiger charge is -2.26. The number of rotatable bonds is 6. The Labute approximate surface area is 117 Å². The zero-order valence-corrected chi connectivity index (χ0v) is 12.8. The van der Waals surface area contributed by atoms with Gasteiger partial charge in [-0.15, -0.1) is 0 Å². The van der Waals surface area contributed by atoms with Gasteiger partial charge in [0.1, 0.15) is 0 Å². The van der Waals surface area contributed by atoms with Crippen molar-refractivity contribution in [1.82, 2.24) is 15.1 Å². The van der Waals surface area contributed by atoms with Crippen LogP contribution >= 0.6 is 0 Å². The van der Waals surface area contributed by atoms with Crippen LogP contribution in [0.3, 0.4) is 0 Å². The van der Waals surface area contributed by atoms with E-state index < -0.39 is 0 Å². The second kappa shape index (κ2) is 7.09. The van der Waals surface area contributed by atoms with E-state index in [1.807, 2.05) is 11.7 Å². The molecule has 1 fully saturated rings. The highest BCUT2D eigenvalue weighted by atomic mass is 15.3. The Kier molecular flexibility index (Phi) is 5.44. The molecule has 1 aliphatic rings. The van der Waals surface area contributed by atoms with Gasteiger partial charge in [0.25, 0.3) is 0 Å². The van der Waals surface area contributed by atoms with E-state index in [1.54, 1.807) is 0 Å². The van der Waals surface area contributed by atoms with E-state index in [9.17, 15) is 0 Å².